The Morgan fingerprint density at radius 1 is 0.909 bits per heavy atom. The third-order valence-electron chi connectivity index (χ3n) is 8.21. The third kappa shape index (κ3) is 6.73. The highest BCUT2D eigenvalue weighted by Gasteiger charge is 2.19. The van der Waals surface area contributed by atoms with Gasteiger partial charge in [0.25, 0.3) is 5.91 Å². The molecule has 2 amide bonds. The summed E-state index contributed by atoms with van der Waals surface area (Å²) in [7, 11) is 0. The van der Waals surface area contributed by atoms with Gasteiger partial charge in [-0.25, -0.2) is 4.98 Å². The van der Waals surface area contributed by atoms with Gasteiger partial charge >= 0.3 is 0 Å². The van der Waals surface area contributed by atoms with Gasteiger partial charge in [0.1, 0.15) is 0 Å². The molecule has 0 atom stereocenters. The van der Waals surface area contributed by atoms with Gasteiger partial charge in [-0.3, -0.25) is 19.7 Å². The molecule has 44 heavy (non-hydrogen) atoms. The lowest BCUT2D eigenvalue weighted by Crippen LogP contribution is -2.18. The molecule has 2 aromatic heterocycles. The number of carbonyl (C=O) groups is 3. The molecule has 0 aliphatic heterocycles. The Hall–Kier alpha value is -4.76. The molecule has 5 aromatic rings. The molecule has 0 unspecified atom stereocenters. The summed E-state index contributed by atoms with van der Waals surface area (Å²) in [5.74, 6) is 0.235. The molecule has 0 saturated heterocycles. The lowest BCUT2D eigenvalue weighted by molar-refractivity contribution is -0.118. The Morgan fingerprint density at radius 2 is 1.68 bits per heavy atom. The lowest BCUT2D eigenvalue weighted by Gasteiger charge is -2.22. The van der Waals surface area contributed by atoms with Crippen LogP contribution in [0.3, 0.4) is 0 Å². The van der Waals surface area contributed by atoms with Crippen LogP contribution in [0.2, 0.25) is 0 Å². The highest BCUT2D eigenvalue weighted by Crippen LogP contribution is 2.35. The molecule has 2 heterocycles. The number of thiophene rings is 1. The SMILES string of the molecule is NC(=O)CCn1c(NC(=O)c2ccc(-c3ccc(C4CCCCC4)cc3)s2)nc2cc(NCC(=O)c3ccccc3)ccc21. The molecule has 0 radical (unpaired) electrons. The Kier molecular flexibility index (Phi) is 8.84. The van der Waals surface area contributed by atoms with Crippen molar-refractivity contribution in [2.24, 2.45) is 5.73 Å². The Bertz CT molecular complexity index is 1790. The summed E-state index contributed by atoms with van der Waals surface area (Å²) in [5.41, 5.74) is 10.7. The molecule has 4 N–H and O–H groups in total. The van der Waals surface area contributed by atoms with Gasteiger partial charge in [0.15, 0.2) is 5.78 Å². The summed E-state index contributed by atoms with van der Waals surface area (Å²) in [6, 6.07) is 27.2. The van der Waals surface area contributed by atoms with E-state index in [0.29, 0.717) is 27.8 Å². The van der Waals surface area contributed by atoms with Crippen molar-refractivity contribution < 1.29 is 14.4 Å². The number of nitrogens with two attached hydrogens (primary N) is 1. The zero-order valence-corrected chi connectivity index (χ0v) is 25.2. The van der Waals surface area contributed by atoms with Crippen LogP contribution in [0.25, 0.3) is 21.5 Å². The average molecular weight is 606 g/mol. The first-order chi connectivity index (χ1) is 21.4. The van der Waals surface area contributed by atoms with Crippen molar-refractivity contribution in [1.29, 1.82) is 0 Å². The number of aromatic nitrogens is 2. The number of ketones is 1. The molecular weight excluding hydrogens is 570 g/mol. The summed E-state index contributed by atoms with van der Waals surface area (Å²) in [4.78, 5) is 43.8. The predicted molar refractivity (Wildman–Crippen MR) is 176 cm³/mol. The van der Waals surface area contributed by atoms with Crippen LogP contribution in [-0.4, -0.2) is 33.7 Å². The highest BCUT2D eigenvalue weighted by molar-refractivity contribution is 7.17. The monoisotopic (exact) mass is 605 g/mol. The first-order valence-corrected chi connectivity index (χ1v) is 15.9. The molecule has 3 aromatic carbocycles. The number of rotatable bonds is 11. The van der Waals surface area contributed by atoms with E-state index in [1.807, 2.05) is 48.5 Å². The number of hydrogen-bond donors (Lipinski definition) is 3. The van der Waals surface area contributed by atoms with Crippen molar-refractivity contribution in [3.05, 3.63) is 101 Å². The number of nitrogens with one attached hydrogen (secondary N) is 2. The van der Waals surface area contributed by atoms with Crippen molar-refractivity contribution in [3.8, 4) is 10.4 Å². The smallest absolute Gasteiger partial charge is 0.268 e. The van der Waals surface area contributed by atoms with Crippen LogP contribution in [0.1, 0.15) is 70.0 Å². The largest absolute Gasteiger partial charge is 0.378 e. The fourth-order valence-electron chi connectivity index (χ4n) is 5.83. The van der Waals surface area contributed by atoms with Gasteiger partial charge in [-0.05, 0) is 60.2 Å². The normalized spacial score (nSPS) is 13.5. The van der Waals surface area contributed by atoms with Crippen LogP contribution in [0.4, 0.5) is 11.6 Å². The van der Waals surface area contributed by atoms with Crippen LogP contribution in [0.15, 0.2) is 84.9 Å². The standard InChI is InChI=1S/C35H35N5O3S/c36-33(42)19-20-40-29-16-15-27(37-22-30(41)25-9-5-2-6-10-25)21-28(29)38-35(40)39-34(43)32-18-17-31(44-32)26-13-11-24(12-14-26)23-7-3-1-4-8-23/h2,5-6,9-18,21,23,37H,1,3-4,7-8,19-20,22H2,(H2,36,42)(H,38,39,43). The van der Waals surface area contributed by atoms with Gasteiger partial charge in [0.05, 0.1) is 22.5 Å². The Labute approximate surface area is 260 Å². The molecular formula is C35H35N5O3S. The lowest BCUT2D eigenvalue weighted by atomic mass is 9.84. The number of hydrogen-bond acceptors (Lipinski definition) is 6. The Morgan fingerprint density at radius 3 is 2.43 bits per heavy atom. The quantitative estimate of drug-likeness (QED) is 0.137. The maximum Gasteiger partial charge on any atom is 0.268 e. The van der Waals surface area contributed by atoms with Gasteiger partial charge in [-0.1, -0.05) is 73.9 Å². The molecule has 0 bridgehead atoms. The number of carbonyl (C=O) groups excluding carboxylic acids is 3. The van der Waals surface area contributed by atoms with Gasteiger partial charge in [-0.15, -0.1) is 11.3 Å². The van der Waals surface area contributed by atoms with Crippen LogP contribution >= 0.6 is 11.3 Å². The van der Waals surface area contributed by atoms with Gasteiger partial charge < -0.3 is 15.6 Å². The summed E-state index contributed by atoms with van der Waals surface area (Å²) >= 11 is 1.43. The van der Waals surface area contributed by atoms with Crippen molar-refractivity contribution in [3.63, 3.8) is 0 Å². The third-order valence-corrected chi connectivity index (χ3v) is 9.34. The second-order valence-corrected chi connectivity index (χ2v) is 12.3. The first-order valence-electron chi connectivity index (χ1n) is 15.1. The second kappa shape index (κ2) is 13.3. The van der Waals surface area contributed by atoms with Crippen molar-refractivity contribution >= 4 is 51.6 Å². The zero-order valence-electron chi connectivity index (χ0n) is 24.4. The first kappa shape index (κ1) is 29.3. The molecule has 6 rings (SSSR count). The molecule has 1 aliphatic rings. The summed E-state index contributed by atoms with van der Waals surface area (Å²) < 4.78 is 1.79. The van der Waals surface area contributed by atoms with E-state index < -0.39 is 5.91 Å². The fourth-order valence-corrected chi connectivity index (χ4v) is 6.73. The number of Topliss-reactive ketones (excluding diaryl/α,β-unsaturated/α-hetero) is 1. The second-order valence-electron chi connectivity index (χ2n) is 11.2. The minimum Gasteiger partial charge on any atom is -0.378 e. The number of anilines is 2. The van der Waals surface area contributed by atoms with E-state index in [9.17, 15) is 14.4 Å². The van der Waals surface area contributed by atoms with Crippen LogP contribution in [-0.2, 0) is 11.3 Å². The molecule has 9 heteroatoms. The summed E-state index contributed by atoms with van der Waals surface area (Å²) in [6.07, 6.45) is 6.57. The number of amides is 2. The number of nitrogens with zero attached hydrogens (tertiary/aromatic N) is 2. The topological polar surface area (TPSA) is 119 Å². The van der Waals surface area contributed by atoms with E-state index in [2.05, 4.69) is 39.9 Å². The zero-order chi connectivity index (χ0) is 30.5. The molecule has 1 saturated carbocycles. The number of aryl methyl sites for hydroxylation is 1. The number of primary amides is 1. The number of fused-ring (bicyclic) bond motifs is 1. The van der Waals surface area contributed by atoms with E-state index in [0.717, 1.165) is 21.6 Å². The molecule has 0 spiro atoms. The average Bonchev–Trinajstić information content (AvgIpc) is 3.68. The van der Waals surface area contributed by atoms with Crippen LogP contribution in [0, 0.1) is 0 Å². The summed E-state index contributed by atoms with van der Waals surface area (Å²) in [6.45, 7) is 0.398. The number of benzene rings is 3. The molecule has 1 fully saturated rings. The summed E-state index contributed by atoms with van der Waals surface area (Å²) in [5, 5.41) is 6.11. The van der Waals surface area contributed by atoms with E-state index in [4.69, 9.17) is 5.73 Å². The minimum absolute atomic E-state index is 0.0267. The Balaban J connectivity index is 1.18. The predicted octanol–water partition coefficient (Wildman–Crippen LogP) is 7.24. The van der Waals surface area contributed by atoms with E-state index in [1.54, 1.807) is 16.7 Å². The minimum atomic E-state index is -0.445. The molecule has 224 valence electrons. The van der Waals surface area contributed by atoms with Crippen LogP contribution in [0.5, 0.6) is 0 Å². The van der Waals surface area contributed by atoms with Crippen molar-refractivity contribution in [2.75, 3.05) is 17.2 Å². The number of imidazole rings is 1. The van der Waals surface area contributed by atoms with Crippen LogP contribution < -0.4 is 16.4 Å². The maximum absolute atomic E-state index is 13.4. The molecule has 8 nitrogen and oxygen atoms in total. The van der Waals surface area contributed by atoms with E-state index in [1.165, 1.54) is 49.0 Å². The van der Waals surface area contributed by atoms with Gasteiger partial charge in [0.2, 0.25) is 11.9 Å². The highest BCUT2D eigenvalue weighted by atomic mass is 32.1. The van der Waals surface area contributed by atoms with Gasteiger partial charge in [0, 0.05) is 29.1 Å². The van der Waals surface area contributed by atoms with Gasteiger partial charge in [-0.2, -0.15) is 0 Å². The van der Waals surface area contributed by atoms with Crippen molar-refractivity contribution in [1.82, 2.24) is 9.55 Å². The van der Waals surface area contributed by atoms with E-state index in [-0.39, 0.29) is 31.2 Å². The fraction of sp³-hybridized carbons (Fsp3) is 0.257. The van der Waals surface area contributed by atoms with E-state index >= 15 is 0 Å². The van der Waals surface area contributed by atoms with Crippen molar-refractivity contribution in [2.45, 2.75) is 51.0 Å². The maximum atomic E-state index is 13.4. The molecule has 1 aliphatic carbocycles.